The van der Waals surface area contributed by atoms with Gasteiger partial charge in [-0.1, -0.05) is 47.5 Å². The molecular weight excluding hydrogens is 350 g/mol. The maximum atomic E-state index is 12.4. The maximum Gasteiger partial charge on any atom is 0.266 e. The predicted molar refractivity (Wildman–Crippen MR) is 103 cm³/mol. The van der Waals surface area contributed by atoms with Gasteiger partial charge < -0.3 is 10.1 Å². The van der Waals surface area contributed by atoms with Gasteiger partial charge in [-0.25, -0.2) is 4.68 Å². The third-order valence-corrected chi connectivity index (χ3v) is 4.10. The normalized spacial score (nSPS) is 11.8. The molecule has 0 aliphatic heterocycles. The number of ether oxygens (including phenoxy) is 1. The van der Waals surface area contributed by atoms with Gasteiger partial charge in [0.05, 0.1) is 12.7 Å². The van der Waals surface area contributed by atoms with Crippen LogP contribution in [0, 0.1) is 6.92 Å². The lowest BCUT2D eigenvalue weighted by Gasteiger charge is -2.15. The minimum Gasteiger partial charge on any atom is -0.481 e. The van der Waals surface area contributed by atoms with Crippen LogP contribution < -0.4 is 10.1 Å². The maximum absolute atomic E-state index is 12.4. The van der Waals surface area contributed by atoms with Gasteiger partial charge in [-0.3, -0.25) is 4.79 Å². The lowest BCUT2D eigenvalue weighted by atomic mass is 10.1. The second kappa shape index (κ2) is 8.06. The molecule has 0 aliphatic rings. The third kappa shape index (κ3) is 4.64. The largest absolute Gasteiger partial charge is 0.481 e. The van der Waals surface area contributed by atoms with Crippen LogP contribution in [0.15, 0.2) is 60.8 Å². The van der Waals surface area contributed by atoms with E-state index in [1.54, 1.807) is 48.1 Å². The molecule has 0 radical (unpaired) electrons. The van der Waals surface area contributed by atoms with Gasteiger partial charge in [-0.15, -0.1) is 0 Å². The average molecular weight is 370 g/mol. The van der Waals surface area contributed by atoms with Gasteiger partial charge in [0, 0.05) is 11.1 Å². The molecule has 1 N–H and O–H groups in total. The Bertz CT molecular complexity index is 907. The number of halogens is 1. The van der Waals surface area contributed by atoms with E-state index in [-0.39, 0.29) is 5.91 Å². The SMILES string of the molecule is Cc1cccc(Cn2nccc2NC(=O)C(C)Oc2cccc(Cl)c2)c1. The number of nitrogens with zero attached hydrogens (tertiary/aromatic N) is 2. The Labute approximate surface area is 157 Å². The number of carbonyl (C=O) groups is 1. The molecule has 2 aromatic carbocycles. The summed E-state index contributed by atoms with van der Waals surface area (Å²) in [5, 5.41) is 7.72. The van der Waals surface area contributed by atoms with Crippen molar-refractivity contribution in [2.24, 2.45) is 0 Å². The summed E-state index contributed by atoms with van der Waals surface area (Å²) in [6, 6.07) is 16.9. The number of amides is 1. The summed E-state index contributed by atoms with van der Waals surface area (Å²) >= 11 is 5.94. The highest BCUT2D eigenvalue weighted by molar-refractivity contribution is 6.30. The van der Waals surface area contributed by atoms with Crippen LogP contribution in [-0.2, 0) is 11.3 Å². The zero-order chi connectivity index (χ0) is 18.5. The third-order valence-electron chi connectivity index (χ3n) is 3.86. The summed E-state index contributed by atoms with van der Waals surface area (Å²) in [7, 11) is 0. The predicted octanol–water partition coefficient (Wildman–Crippen LogP) is 4.30. The summed E-state index contributed by atoms with van der Waals surface area (Å²) < 4.78 is 7.40. The number of benzene rings is 2. The number of nitrogens with one attached hydrogen (secondary N) is 1. The number of aryl methyl sites for hydroxylation is 1. The Hall–Kier alpha value is -2.79. The summed E-state index contributed by atoms with van der Waals surface area (Å²) in [6.45, 7) is 4.31. The zero-order valence-corrected chi connectivity index (χ0v) is 15.4. The number of carbonyl (C=O) groups excluding carboxylic acids is 1. The van der Waals surface area contributed by atoms with Crippen molar-refractivity contribution in [3.05, 3.63) is 76.9 Å². The fourth-order valence-electron chi connectivity index (χ4n) is 2.57. The van der Waals surface area contributed by atoms with Gasteiger partial charge in [0.1, 0.15) is 11.6 Å². The van der Waals surface area contributed by atoms with Gasteiger partial charge in [-0.05, 0) is 37.6 Å². The van der Waals surface area contributed by atoms with E-state index >= 15 is 0 Å². The minimum atomic E-state index is -0.671. The molecular formula is C20H20ClN3O2. The van der Waals surface area contributed by atoms with Crippen molar-refractivity contribution in [2.75, 3.05) is 5.32 Å². The molecule has 3 aromatic rings. The van der Waals surface area contributed by atoms with Crippen molar-refractivity contribution >= 4 is 23.3 Å². The molecule has 0 fully saturated rings. The van der Waals surface area contributed by atoms with Crippen LogP contribution in [0.5, 0.6) is 5.75 Å². The molecule has 5 nitrogen and oxygen atoms in total. The summed E-state index contributed by atoms with van der Waals surface area (Å²) in [4.78, 5) is 12.4. The molecule has 1 heterocycles. The topological polar surface area (TPSA) is 56.2 Å². The summed E-state index contributed by atoms with van der Waals surface area (Å²) in [6.07, 6.45) is 0.990. The number of rotatable bonds is 6. The first-order chi connectivity index (χ1) is 12.5. The molecule has 1 unspecified atom stereocenters. The Kier molecular flexibility index (Phi) is 5.58. The highest BCUT2D eigenvalue weighted by Gasteiger charge is 2.17. The highest BCUT2D eigenvalue weighted by Crippen LogP contribution is 2.19. The molecule has 0 aliphatic carbocycles. The number of aromatic nitrogens is 2. The molecule has 1 amide bonds. The molecule has 1 aromatic heterocycles. The second-order valence-electron chi connectivity index (χ2n) is 6.07. The quantitative estimate of drug-likeness (QED) is 0.704. The standard InChI is InChI=1S/C20H20ClN3O2/c1-14-5-3-6-16(11-14)13-24-19(9-10-22-24)23-20(25)15(2)26-18-8-4-7-17(21)12-18/h3-12,15H,13H2,1-2H3,(H,23,25). The van der Waals surface area contributed by atoms with Crippen LogP contribution in [0.1, 0.15) is 18.1 Å². The minimum absolute atomic E-state index is 0.254. The van der Waals surface area contributed by atoms with Crippen LogP contribution >= 0.6 is 11.6 Å². The molecule has 0 spiro atoms. The first kappa shape index (κ1) is 18.0. The van der Waals surface area contributed by atoms with Gasteiger partial charge in [0.25, 0.3) is 5.91 Å². The number of anilines is 1. The van der Waals surface area contributed by atoms with Crippen molar-refractivity contribution in [3.63, 3.8) is 0 Å². The van der Waals surface area contributed by atoms with E-state index in [1.807, 2.05) is 25.1 Å². The summed E-state index contributed by atoms with van der Waals surface area (Å²) in [5.74, 6) is 0.919. The lowest BCUT2D eigenvalue weighted by molar-refractivity contribution is -0.122. The molecule has 6 heteroatoms. The van der Waals surface area contributed by atoms with E-state index < -0.39 is 6.10 Å². The first-order valence-corrected chi connectivity index (χ1v) is 8.69. The second-order valence-corrected chi connectivity index (χ2v) is 6.51. The molecule has 0 saturated heterocycles. The van der Waals surface area contributed by atoms with Gasteiger partial charge in [0.15, 0.2) is 6.10 Å². The zero-order valence-electron chi connectivity index (χ0n) is 14.6. The van der Waals surface area contributed by atoms with Crippen LogP contribution in [0.2, 0.25) is 5.02 Å². The summed E-state index contributed by atoms with van der Waals surface area (Å²) in [5.41, 5.74) is 2.30. The Morgan fingerprint density at radius 2 is 2.04 bits per heavy atom. The van der Waals surface area contributed by atoms with E-state index in [4.69, 9.17) is 16.3 Å². The lowest BCUT2D eigenvalue weighted by Crippen LogP contribution is -2.31. The van der Waals surface area contributed by atoms with Crippen molar-refractivity contribution in [1.29, 1.82) is 0 Å². The van der Waals surface area contributed by atoms with Crippen molar-refractivity contribution < 1.29 is 9.53 Å². The fraction of sp³-hybridized carbons (Fsp3) is 0.200. The van der Waals surface area contributed by atoms with Crippen LogP contribution in [0.25, 0.3) is 0 Å². The van der Waals surface area contributed by atoms with Gasteiger partial charge in [0.2, 0.25) is 0 Å². The van der Waals surface area contributed by atoms with Crippen molar-refractivity contribution in [3.8, 4) is 5.75 Å². The molecule has 26 heavy (non-hydrogen) atoms. The van der Waals surface area contributed by atoms with Crippen LogP contribution in [0.3, 0.4) is 0 Å². The Balaban J connectivity index is 1.65. The van der Waals surface area contributed by atoms with E-state index in [9.17, 15) is 4.79 Å². The molecule has 0 bridgehead atoms. The number of hydrogen-bond donors (Lipinski definition) is 1. The fourth-order valence-corrected chi connectivity index (χ4v) is 2.75. The van der Waals surface area contributed by atoms with Crippen molar-refractivity contribution in [1.82, 2.24) is 9.78 Å². The van der Waals surface area contributed by atoms with E-state index in [0.717, 1.165) is 5.56 Å². The smallest absolute Gasteiger partial charge is 0.266 e. The molecule has 3 rings (SSSR count). The van der Waals surface area contributed by atoms with Crippen LogP contribution in [0.4, 0.5) is 5.82 Å². The van der Waals surface area contributed by atoms with Gasteiger partial charge >= 0.3 is 0 Å². The Morgan fingerprint density at radius 1 is 1.23 bits per heavy atom. The highest BCUT2D eigenvalue weighted by atomic mass is 35.5. The van der Waals surface area contributed by atoms with Gasteiger partial charge in [-0.2, -0.15) is 5.10 Å². The Morgan fingerprint density at radius 3 is 2.81 bits per heavy atom. The van der Waals surface area contributed by atoms with E-state index in [0.29, 0.717) is 23.1 Å². The van der Waals surface area contributed by atoms with Crippen molar-refractivity contribution in [2.45, 2.75) is 26.5 Å². The number of hydrogen-bond acceptors (Lipinski definition) is 3. The molecule has 1 atom stereocenters. The van der Waals surface area contributed by atoms with E-state index in [1.165, 1.54) is 5.56 Å². The van der Waals surface area contributed by atoms with E-state index in [2.05, 4.69) is 16.5 Å². The molecule has 134 valence electrons. The first-order valence-electron chi connectivity index (χ1n) is 8.32. The molecule has 0 saturated carbocycles. The monoisotopic (exact) mass is 369 g/mol. The van der Waals surface area contributed by atoms with Crippen LogP contribution in [-0.4, -0.2) is 21.8 Å². The average Bonchev–Trinajstić information content (AvgIpc) is 3.01.